The fourth-order valence-corrected chi connectivity index (χ4v) is 5.14. The highest BCUT2D eigenvalue weighted by Gasteiger charge is 2.26. The van der Waals surface area contributed by atoms with E-state index < -0.39 is 0 Å². The smallest absolute Gasteiger partial charge is 0.219 e. The van der Waals surface area contributed by atoms with Gasteiger partial charge in [-0.25, -0.2) is 0 Å². The Morgan fingerprint density at radius 1 is 0.688 bits per heavy atom. The predicted octanol–water partition coefficient (Wildman–Crippen LogP) is 3.11. The minimum Gasteiger partial charge on any atom is -1.00 e. The van der Waals surface area contributed by atoms with Crippen molar-refractivity contribution in [3.63, 3.8) is 0 Å². The molecule has 0 saturated heterocycles. The number of hydrogen-bond donors (Lipinski definition) is 0. The van der Waals surface area contributed by atoms with Crippen molar-refractivity contribution in [1.82, 2.24) is 0 Å². The van der Waals surface area contributed by atoms with Crippen molar-refractivity contribution in [2.24, 2.45) is 7.05 Å². The number of fused-ring (bicyclic) bond motifs is 2. The predicted molar refractivity (Wildman–Crippen MR) is 133 cm³/mol. The number of aromatic nitrogens is 1. The molecule has 0 amide bonds. The number of methoxy groups -OCH3 is 1. The molecule has 4 aromatic rings. The molecule has 0 spiro atoms. The number of ether oxygens (including phenoxy) is 1. The molecular weight excluding hydrogens is 460 g/mol. The van der Waals surface area contributed by atoms with E-state index in [0.717, 1.165) is 11.4 Å². The van der Waals surface area contributed by atoms with Crippen LogP contribution in [-0.2, 0) is 7.05 Å². The molecule has 4 heteroatoms. The summed E-state index contributed by atoms with van der Waals surface area (Å²) in [4.78, 5) is 2.13. The van der Waals surface area contributed by atoms with E-state index >= 15 is 0 Å². The van der Waals surface area contributed by atoms with Crippen molar-refractivity contribution in [3.05, 3.63) is 64.2 Å². The highest BCUT2D eigenvalue weighted by Crippen LogP contribution is 2.44. The molecule has 3 nitrogen and oxygen atoms in total. The zero-order valence-corrected chi connectivity index (χ0v) is 22.2. The van der Waals surface area contributed by atoms with Crippen LogP contribution in [0.25, 0.3) is 32.9 Å². The number of nitrogens with zero attached hydrogens (tertiary/aromatic N) is 2. The van der Waals surface area contributed by atoms with Gasteiger partial charge in [-0.05, 0) is 62.4 Å². The largest absolute Gasteiger partial charge is 1.00 e. The van der Waals surface area contributed by atoms with Crippen molar-refractivity contribution in [1.29, 1.82) is 0 Å². The molecule has 4 rings (SSSR count). The Hall–Kier alpha value is -2.59. The highest BCUT2D eigenvalue weighted by atomic mass is 79.9. The monoisotopic (exact) mass is 492 g/mol. The molecule has 0 fully saturated rings. The lowest BCUT2D eigenvalue weighted by Crippen LogP contribution is -3.00. The van der Waals surface area contributed by atoms with Gasteiger partial charge >= 0.3 is 0 Å². The first kappa shape index (κ1) is 24.1. The summed E-state index contributed by atoms with van der Waals surface area (Å²) < 4.78 is 8.33. The molecular formula is C28H33BrN2O. The summed E-state index contributed by atoms with van der Waals surface area (Å²) in [6.07, 6.45) is 0. The van der Waals surface area contributed by atoms with Crippen LogP contribution in [0.15, 0.2) is 36.4 Å². The average molecular weight is 493 g/mol. The maximum absolute atomic E-state index is 6.01. The first-order chi connectivity index (χ1) is 14.6. The highest BCUT2D eigenvalue weighted by molar-refractivity contribution is 6.12. The van der Waals surface area contributed by atoms with Crippen LogP contribution < -0.4 is 31.2 Å². The van der Waals surface area contributed by atoms with Crippen molar-refractivity contribution in [3.8, 4) is 16.9 Å². The maximum atomic E-state index is 6.01. The summed E-state index contributed by atoms with van der Waals surface area (Å²) in [5.41, 5.74) is 12.6. The Morgan fingerprint density at radius 2 is 1.22 bits per heavy atom. The third-order valence-electron chi connectivity index (χ3n) is 6.41. The molecule has 3 aromatic carbocycles. The number of halogens is 1. The molecule has 0 atom stereocenters. The standard InChI is InChI=1S/C28H33N2O.BrH/c1-16-10-18(3)25(19(4)11-16)28-26-20(5)12-17(2)13-22(26)30(8)23-14-21(29(6)7)15-24(31-9)27(23)28;/h10-15H,1-9H3;1H/q+1;/p-1. The fourth-order valence-electron chi connectivity index (χ4n) is 5.14. The van der Waals surface area contributed by atoms with Crippen molar-refractivity contribution in [2.45, 2.75) is 34.6 Å². The molecule has 1 aromatic heterocycles. The third-order valence-corrected chi connectivity index (χ3v) is 6.41. The van der Waals surface area contributed by atoms with Crippen molar-refractivity contribution >= 4 is 27.5 Å². The summed E-state index contributed by atoms with van der Waals surface area (Å²) in [5.74, 6) is 0.910. The van der Waals surface area contributed by atoms with Crippen LogP contribution in [0, 0.1) is 34.6 Å². The molecule has 168 valence electrons. The molecule has 0 bridgehead atoms. The van der Waals surface area contributed by atoms with Gasteiger partial charge in [-0.2, -0.15) is 4.57 Å². The lowest BCUT2D eigenvalue weighted by molar-refractivity contribution is -0.617. The van der Waals surface area contributed by atoms with E-state index in [1.807, 2.05) is 0 Å². The van der Waals surface area contributed by atoms with E-state index in [9.17, 15) is 0 Å². The SMILES string of the molecule is COc1cc(N(C)C)cc2c1c(-c1c(C)cc(C)cc1C)c1c(C)cc(C)cc1[n+]2C.[Br-]. The molecule has 32 heavy (non-hydrogen) atoms. The Labute approximate surface area is 202 Å². The quantitative estimate of drug-likeness (QED) is 0.322. The number of anilines is 1. The fraction of sp³-hybridized carbons (Fsp3) is 0.321. The van der Waals surface area contributed by atoms with Gasteiger partial charge in [0.15, 0.2) is 0 Å². The summed E-state index contributed by atoms with van der Waals surface area (Å²) in [6.45, 7) is 11.0. The van der Waals surface area contributed by atoms with Gasteiger partial charge in [0.2, 0.25) is 11.0 Å². The summed E-state index contributed by atoms with van der Waals surface area (Å²) in [7, 11) is 8.09. The van der Waals surface area contributed by atoms with Crippen molar-refractivity contribution < 1.29 is 26.3 Å². The van der Waals surface area contributed by atoms with E-state index in [0.29, 0.717) is 0 Å². The molecule has 0 aliphatic rings. The van der Waals surface area contributed by atoms with Gasteiger partial charge in [0.05, 0.1) is 17.9 Å². The number of rotatable bonds is 3. The average Bonchev–Trinajstić information content (AvgIpc) is 2.68. The van der Waals surface area contributed by atoms with Gasteiger partial charge in [-0.3, -0.25) is 0 Å². The molecule has 0 N–H and O–H groups in total. The van der Waals surface area contributed by atoms with Crippen LogP contribution in [-0.4, -0.2) is 21.2 Å². The van der Waals surface area contributed by atoms with Crippen LogP contribution in [0.4, 0.5) is 5.69 Å². The van der Waals surface area contributed by atoms with E-state index in [-0.39, 0.29) is 17.0 Å². The van der Waals surface area contributed by atoms with Gasteiger partial charge in [0, 0.05) is 43.5 Å². The lowest BCUT2D eigenvalue weighted by atomic mass is 9.86. The Bertz CT molecular complexity index is 1330. The Morgan fingerprint density at radius 3 is 1.78 bits per heavy atom. The van der Waals surface area contributed by atoms with E-state index in [1.54, 1.807) is 7.11 Å². The van der Waals surface area contributed by atoms with Crippen molar-refractivity contribution in [2.75, 3.05) is 26.1 Å². The maximum Gasteiger partial charge on any atom is 0.219 e. The minimum atomic E-state index is 0. The number of pyridine rings is 1. The van der Waals surface area contributed by atoms with Crippen LogP contribution in [0.3, 0.4) is 0 Å². The second-order valence-corrected chi connectivity index (χ2v) is 9.12. The first-order valence-electron chi connectivity index (χ1n) is 10.8. The molecule has 0 saturated carbocycles. The molecule has 0 aliphatic heterocycles. The topological polar surface area (TPSA) is 16.4 Å². The Balaban J connectivity index is 0.00000289. The van der Waals surface area contributed by atoms with Crippen LogP contribution in [0.2, 0.25) is 0 Å². The van der Waals surface area contributed by atoms with Gasteiger partial charge in [0.1, 0.15) is 12.8 Å². The summed E-state index contributed by atoms with van der Waals surface area (Å²) in [5, 5.41) is 2.47. The zero-order valence-electron chi connectivity index (χ0n) is 20.6. The lowest BCUT2D eigenvalue weighted by Gasteiger charge is -2.21. The minimum absolute atomic E-state index is 0. The van der Waals surface area contributed by atoms with Gasteiger partial charge in [0.25, 0.3) is 0 Å². The number of aryl methyl sites for hydroxylation is 6. The normalized spacial score (nSPS) is 11.0. The van der Waals surface area contributed by atoms with Gasteiger partial charge in [-0.15, -0.1) is 0 Å². The van der Waals surface area contributed by atoms with Crippen LogP contribution in [0.1, 0.15) is 27.8 Å². The molecule has 0 unspecified atom stereocenters. The van der Waals surface area contributed by atoms with Gasteiger partial charge in [-0.1, -0.05) is 23.8 Å². The van der Waals surface area contributed by atoms with Gasteiger partial charge < -0.3 is 26.6 Å². The van der Waals surface area contributed by atoms with Crippen LogP contribution >= 0.6 is 0 Å². The third kappa shape index (κ3) is 3.75. The second kappa shape index (κ2) is 8.74. The molecule has 1 heterocycles. The first-order valence-corrected chi connectivity index (χ1v) is 10.8. The number of hydrogen-bond acceptors (Lipinski definition) is 2. The molecule has 0 aliphatic carbocycles. The summed E-state index contributed by atoms with van der Waals surface area (Å²) >= 11 is 0. The van der Waals surface area contributed by atoms with E-state index in [4.69, 9.17) is 4.74 Å². The van der Waals surface area contributed by atoms with E-state index in [1.165, 1.54) is 60.8 Å². The Kier molecular flexibility index (Phi) is 6.57. The second-order valence-electron chi connectivity index (χ2n) is 9.12. The summed E-state index contributed by atoms with van der Waals surface area (Å²) in [6, 6.07) is 13.6. The zero-order chi connectivity index (χ0) is 22.6. The number of benzene rings is 3. The van der Waals surface area contributed by atoms with E-state index in [2.05, 4.69) is 102 Å². The molecule has 0 radical (unpaired) electrons. The van der Waals surface area contributed by atoms with Crippen LogP contribution in [0.5, 0.6) is 5.75 Å².